The number of rotatable bonds is 5. The molecule has 0 saturated heterocycles. The van der Waals surface area contributed by atoms with Crippen LogP contribution in [0.3, 0.4) is 0 Å². The molecule has 2 aliphatic heterocycles. The Labute approximate surface area is 193 Å². The first-order valence-corrected chi connectivity index (χ1v) is 11.1. The number of aliphatic imine (C=N–C) groups is 1. The second-order valence-electron chi connectivity index (χ2n) is 8.40. The third-order valence-corrected chi connectivity index (χ3v) is 6.14. The van der Waals surface area contributed by atoms with Crippen LogP contribution in [0.15, 0.2) is 65.8 Å². The van der Waals surface area contributed by atoms with Crippen LogP contribution in [0.5, 0.6) is 11.5 Å². The first-order valence-electron chi connectivity index (χ1n) is 11.1. The van der Waals surface area contributed by atoms with Gasteiger partial charge in [-0.2, -0.15) is 0 Å². The Morgan fingerprint density at radius 2 is 1.73 bits per heavy atom. The number of carbonyl (C=O) groups excluding carboxylic acids is 1. The van der Waals surface area contributed by atoms with Crippen molar-refractivity contribution in [1.29, 1.82) is 0 Å². The van der Waals surface area contributed by atoms with Crippen LogP contribution in [-0.4, -0.2) is 23.2 Å². The summed E-state index contributed by atoms with van der Waals surface area (Å²) in [6.07, 6.45) is 5.49. The number of aromatic nitrogens is 1. The highest BCUT2D eigenvalue weighted by atomic mass is 16.5. The topological polar surface area (TPSA) is 79.7 Å². The lowest BCUT2D eigenvalue weighted by atomic mass is 10.0. The summed E-state index contributed by atoms with van der Waals surface area (Å²) in [5.74, 6) is 0.579. The van der Waals surface area contributed by atoms with Crippen molar-refractivity contribution in [1.82, 2.24) is 15.2 Å². The van der Waals surface area contributed by atoms with Crippen molar-refractivity contribution >= 4 is 17.8 Å². The quantitative estimate of drug-likeness (QED) is 0.550. The standard InChI is InChI=1S/C26H27N5O2/c1-17-5-9-21(10-6-17)33-22-11-7-20(8-12-22)30-26(28-13-4-14-29-26)23-18(2)24-25(32)27-15-16-31(24)19(23)3/h4-14,28,30H,15-16H2,1-3H3,(H,27,32). The normalized spacial score (nSPS) is 18.9. The molecule has 1 amide bonds. The van der Waals surface area contributed by atoms with Gasteiger partial charge in [0.05, 0.1) is 0 Å². The van der Waals surface area contributed by atoms with Crippen molar-refractivity contribution in [3.8, 4) is 11.5 Å². The van der Waals surface area contributed by atoms with E-state index in [2.05, 4.69) is 27.4 Å². The zero-order valence-corrected chi connectivity index (χ0v) is 19.0. The van der Waals surface area contributed by atoms with Gasteiger partial charge in [0.25, 0.3) is 5.91 Å². The Balaban J connectivity index is 1.46. The van der Waals surface area contributed by atoms with Crippen molar-refractivity contribution in [2.45, 2.75) is 33.1 Å². The monoisotopic (exact) mass is 441 g/mol. The highest BCUT2D eigenvalue weighted by molar-refractivity contribution is 5.95. The van der Waals surface area contributed by atoms with Gasteiger partial charge in [-0.05, 0) is 68.8 Å². The second-order valence-corrected chi connectivity index (χ2v) is 8.40. The molecule has 1 aromatic heterocycles. The molecule has 0 bridgehead atoms. The minimum atomic E-state index is -0.924. The second kappa shape index (κ2) is 8.16. The van der Waals surface area contributed by atoms with Gasteiger partial charge in [0.1, 0.15) is 17.2 Å². The Bertz CT molecular complexity index is 1260. The number of fused-ring (bicyclic) bond motifs is 1. The number of carbonyl (C=O) groups is 1. The van der Waals surface area contributed by atoms with Crippen LogP contribution < -0.4 is 20.7 Å². The minimum absolute atomic E-state index is 0.0452. The van der Waals surface area contributed by atoms with Crippen molar-refractivity contribution in [2.24, 2.45) is 4.99 Å². The molecule has 7 nitrogen and oxygen atoms in total. The summed E-state index contributed by atoms with van der Waals surface area (Å²) in [7, 11) is 0. The molecule has 1 atom stereocenters. The van der Waals surface area contributed by atoms with Crippen LogP contribution in [0.4, 0.5) is 5.69 Å². The molecule has 3 heterocycles. The molecule has 0 aliphatic carbocycles. The predicted octanol–water partition coefficient (Wildman–Crippen LogP) is 4.36. The molecule has 5 rings (SSSR count). The van der Waals surface area contributed by atoms with E-state index in [1.807, 2.05) is 74.7 Å². The maximum atomic E-state index is 12.6. The summed E-state index contributed by atoms with van der Waals surface area (Å²) in [6.45, 7) is 7.45. The van der Waals surface area contributed by atoms with Crippen LogP contribution >= 0.6 is 0 Å². The van der Waals surface area contributed by atoms with Crippen LogP contribution in [0.1, 0.15) is 32.9 Å². The van der Waals surface area contributed by atoms with E-state index in [9.17, 15) is 4.79 Å². The molecule has 0 fully saturated rings. The summed E-state index contributed by atoms with van der Waals surface area (Å²) in [5, 5.41) is 9.90. The summed E-state index contributed by atoms with van der Waals surface area (Å²) >= 11 is 0. The molecule has 33 heavy (non-hydrogen) atoms. The molecule has 1 unspecified atom stereocenters. The number of amides is 1. The highest BCUT2D eigenvalue weighted by Crippen LogP contribution is 2.36. The number of nitrogens with one attached hydrogen (secondary N) is 3. The summed E-state index contributed by atoms with van der Waals surface area (Å²) < 4.78 is 8.05. The van der Waals surface area contributed by atoms with E-state index in [0.29, 0.717) is 12.2 Å². The van der Waals surface area contributed by atoms with Crippen LogP contribution in [0.25, 0.3) is 0 Å². The van der Waals surface area contributed by atoms with Crippen molar-refractivity contribution < 1.29 is 9.53 Å². The van der Waals surface area contributed by atoms with Gasteiger partial charge >= 0.3 is 0 Å². The molecule has 0 spiro atoms. The number of hydrogen-bond acceptors (Lipinski definition) is 5. The molecule has 2 aliphatic rings. The summed E-state index contributed by atoms with van der Waals surface area (Å²) in [4.78, 5) is 17.4. The number of hydrogen-bond donors (Lipinski definition) is 3. The fourth-order valence-corrected chi connectivity index (χ4v) is 4.59. The lowest BCUT2D eigenvalue weighted by Crippen LogP contribution is -2.47. The van der Waals surface area contributed by atoms with E-state index >= 15 is 0 Å². The first kappa shape index (κ1) is 20.9. The van der Waals surface area contributed by atoms with Gasteiger partial charge in [-0.1, -0.05) is 17.7 Å². The molecule has 168 valence electrons. The molecule has 2 aromatic carbocycles. The highest BCUT2D eigenvalue weighted by Gasteiger charge is 2.39. The van der Waals surface area contributed by atoms with E-state index in [1.54, 1.807) is 6.21 Å². The van der Waals surface area contributed by atoms with Crippen LogP contribution in [0, 0.1) is 20.8 Å². The Morgan fingerprint density at radius 1 is 1.03 bits per heavy atom. The van der Waals surface area contributed by atoms with Gasteiger partial charge < -0.3 is 25.3 Å². The fraction of sp³-hybridized carbons (Fsp3) is 0.231. The molecule has 7 heteroatoms. The number of anilines is 1. The first-order chi connectivity index (χ1) is 16.0. The Kier molecular flexibility index (Phi) is 5.17. The number of ether oxygens (including phenoxy) is 1. The zero-order chi connectivity index (χ0) is 23.0. The lowest BCUT2D eigenvalue weighted by Gasteiger charge is -2.34. The molecule has 3 N–H and O–H groups in total. The SMILES string of the molecule is Cc1ccc(Oc2ccc(NC3(c4c(C)c5n(c4C)CCNC5=O)N=CC=CN3)cc2)cc1. The Morgan fingerprint density at radius 3 is 2.36 bits per heavy atom. The summed E-state index contributed by atoms with van der Waals surface area (Å²) in [6, 6.07) is 15.8. The average molecular weight is 442 g/mol. The maximum absolute atomic E-state index is 12.6. The van der Waals surface area contributed by atoms with Crippen molar-refractivity contribution in [2.75, 3.05) is 11.9 Å². The Hall–Kier alpha value is -4.00. The van der Waals surface area contributed by atoms with Gasteiger partial charge in [-0.15, -0.1) is 0 Å². The fourth-order valence-electron chi connectivity index (χ4n) is 4.59. The van der Waals surface area contributed by atoms with Crippen molar-refractivity contribution in [3.05, 3.63) is 88.9 Å². The van der Waals surface area contributed by atoms with E-state index in [0.717, 1.165) is 40.6 Å². The smallest absolute Gasteiger partial charge is 0.268 e. The summed E-state index contributed by atoms with van der Waals surface area (Å²) in [5.41, 5.74) is 5.65. The predicted molar refractivity (Wildman–Crippen MR) is 130 cm³/mol. The van der Waals surface area contributed by atoms with Crippen LogP contribution in [0.2, 0.25) is 0 Å². The van der Waals surface area contributed by atoms with Gasteiger partial charge in [0.15, 0.2) is 0 Å². The third-order valence-electron chi connectivity index (χ3n) is 6.14. The van der Waals surface area contributed by atoms with E-state index < -0.39 is 5.79 Å². The molecule has 0 radical (unpaired) electrons. The number of allylic oxidation sites excluding steroid dienone is 1. The number of benzene rings is 2. The van der Waals surface area contributed by atoms with E-state index in [4.69, 9.17) is 9.73 Å². The number of aryl methyl sites for hydroxylation is 1. The van der Waals surface area contributed by atoms with E-state index in [1.165, 1.54) is 5.56 Å². The molecular weight excluding hydrogens is 414 g/mol. The molecule has 3 aromatic rings. The van der Waals surface area contributed by atoms with Gasteiger partial charge in [-0.25, -0.2) is 4.99 Å². The van der Waals surface area contributed by atoms with Gasteiger partial charge in [0.2, 0.25) is 5.79 Å². The van der Waals surface area contributed by atoms with Crippen LogP contribution in [-0.2, 0) is 12.3 Å². The average Bonchev–Trinajstić information content (AvgIpc) is 3.09. The largest absolute Gasteiger partial charge is 0.457 e. The lowest BCUT2D eigenvalue weighted by molar-refractivity contribution is 0.0926. The van der Waals surface area contributed by atoms with Crippen molar-refractivity contribution in [3.63, 3.8) is 0 Å². The van der Waals surface area contributed by atoms with Gasteiger partial charge in [0, 0.05) is 42.4 Å². The van der Waals surface area contributed by atoms with Gasteiger partial charge in [-0.3, -0.25) is 4.79 Å². The zero-order valence-electron chi connectivity index (χ0n) is 19.0. The molecular formula is C26H27N5O2. The minimum Gasteiger partial charge on any atom is -0.457 e. The van der Waals surface area contributed by atoms with E-state index in [-0.39, 0.29) is 5.91 Å². The third kappa shape index (κ3) is 3.75. The number of nitrogens with zero attached hydrogens (tertiary/aromatic N) is 2. The maximum Gasteiger partial charge on any atom is 0.268 e. The molecule has 0 saturated carbocycles.